The van der Waals surface area contributed by atoms with E-state index >= 15 is 0 Å². The maximum absolute atomic E-state index is 14.0. The van der Waals surface area contributed by atoms with Gasteiger partial charge >= 0.3 is 0 Å². The van der Waals surface area contributed by atoms with Crippen LogP contribution in [0.3, 0.4) is 0 Å². The normalized spacial score (nSPS) is 12.7. The van der Waals surface area contributed by atoms with Gasteiger partial charge in [-0.2, -0.15) is 0 Å². The van der Waals surface area contributed by atoms with E-state index in [1.165, 1.54) is 18.2 Å². The van der Waals surface area contributed by atoms with Crippen LogP contribution in [0.2, 0.25) is 5.02 Å². The van der Waals surface area contributed by atoms with Gasteiger partial charge in [0, 0.05) is 33.6 Å². The SMILES string of the molecule is NCC(Cc1c(F)cccc1Cl)c1c[nH]c2ccc(F)cc12. The summed E-state index contributed by atoms with van der Waals surface area (Å²) in [4.78, 5) is 3.10. The highest BCUT2D eigenvalue weighted by Crippen LogP contribution is 2.31. The molecule has 3 rings (SSSR count). The molecule has 1 aromatic heterocycles. The molecular formula is C17H15ClF2N2. The molecule has 1 heterocycles. The molecule has 0 aliphatic heterocycles. The number of rotatable bonds is 4. The second kappa shape index (κ2) is 6.07. The van der Waals surface area contributed by atoms with Crippen LogP contribution < -0.4 is 5.73 Å². The first kappa shape index (κ1) is 15.0. The third-order valence-electron chi connectivity index (χ3n) is 3.91. The summed E-state index contributed by atoms with van der Waals surface area (Å²) in [6.45, 7) is 0.314. The lowest BCUT2D eigenvalue weighted by Gasteiger charge is -2.16. The molecule has 0 aliphatic carbocycles. The van der Waals surface area contributed by atoms with Gasteiger partial charge in [-0.3, -0.25) is 0 Å². The van der Waals surface area contributed by atoms with E-state index in [1.54, 1.807) is 24.4 Å². The standard InChI is InChI=1S/C17H15ClF2N2/c18-15-2-1-3-16(20)13(15)6-10(8-21)14-9-22-17-5-4-11(19)7-12(14)17/h1-5,7,9-10,22H,6,8,21H2. The van der Waals surface area contributed by atoms with Crippen molar-refractivity contribution in [1.29, 1.82) is 0 Å². The molecule has 1 atom stereocenters. The zero-order chi connectivity index (χ0) is 15.7. The Bertz CT molecular complexity index is 793. The zero-order valence-corrected chi connectivity index (χ0v) is 12.5. The highest BCUT2D eigenvalue weighted by molar-refractivity contribution is 6.31. The average molecular weight is 321 g/mol. The summed E-state index contributed by atoms with van der Waals surface area (Å²) in [5.41, 5.74) is 8.00. The minimum atomic E-state index is -0.350. The molecule has 2 aromatic carbocycles. The molecule has 2 nitrogen and oxygen atoms in total. The number of fused-ring (bicyclic) bond motifs is 1. The van der Waals surface area contributed by atoms with E-state index in [4.69, 9.17) is 17.3 Å². The van der Waals surface area contributed by atoms with Crippen molar-refractivity contribution in [2.24, 2.45) is 5.73 Å². The zero-order valence-electron chi connectivity index (χ0n) is 11.7. The van der Waals surface area contributed by atoms with E-state index in [2.05, 4.69) is 4.98 Å². The largest absolute Gasteiger partial charge is 0.361 e. The number of hydrogen-bond donors (Lipinski definition) is 2. The summed E-state index contributed by atoms with van der Waals surface area (Å²) >= 11 is 6.09. The van der Waals surface area contributed by atoms with Crippen molar-refractivity contribution in [3.05, 3.63) is 70.4 Å². The molecule has 0 bridgehead atoms. The van der Waals surface area contributed by atoms with Crippen LogP contribution >= 0.6 is 11.6 Å². The van der Waals surface area contributed by atoms with Crippen molar-refractivity contribution in [2.75, 3.05) is 6.54 Å². The fourth-order valence-electron chi connectivity index (χ4n) is 2.75. The Morgan fingerprint density at radius 3 is 2.73 bits per heavy atom. The predicted molar refractivity (Wildman–Crippen MR) is 85.2 cm³/mol. The van der Waals surface area contributed by atoms with Gasteiger partial charge in [0.15, 0.2) is 0 Å². The molecule has 114 valence electrons. The van der Waals surface area contributed by atoms with Crippen LogP contribution in [0, 0.1) is 11.6 Å². The lowest BCUT2D eigenvalue weighted by atomic mass is 9.91. The number of aromatic amines is 1. The number of nitrogens with one attached hydrogen (secondary N) is 1. The Morgan fingerprint density at radius 1 is 1.18 bits per heavy atom. The molecule has 0 radical (unpaired) electrons. The number of halogens is 3. The predicted octanol–water partition coefficient (Wildman–Crippen LogP) is 4.38. The van der Waals surface area contributed by atoms with Gasteiger partial charge in [0.25, 0.3) is 0 Å². The molecule has 0 aliphatic rings. The third-order valence-corrected chi connectivity index (χ3v) is 4.27. The molecule has 0 saturated carbocycles. The summed E-state index contributed by atoms with van der Waals surface area (Å²) in [5, 5.41) is 1.15. The quantitative estimate of drug-likeness (QED) is 0.735. The lowest BCUT2D eigenvalue weighted by molar-refractivity contribution is 0.591. The van der Waals surface area contributed by atoms with Crippen LogP contribution in [-0.2, 0) is 6.42 Å². The summed E-state index contributed by atoms with van der Waals surface area (Å²) in [6.07, 6.45) is 2.17. The third kappa shape index (κ3) is 2.72. The second-order valence-electron chi connectivity index (χ2n) is 5.27. The summed E-state index contributed by atoms with van der Waals surface area (Å²) in [5.74, 6) is -0.810. The Morgan fingerprint density at radius 2 is 2.00 bits per heavy atom. The van der Waals surface area contributed by atoms with Crippen LogP contribution in [0.15, 0.2) is 42.6 Å². The molecule has 22 heavy (non-hydrogen) atoms. The highest BCUT2D eigenvalue weighted by Gasteiger charge is 2.19. The first-order valence-corrected chi connectivity index (χ1v) is 7.37. The first-order chi connectivity index (χ1) is 10.6. The van der Waals surface area contributed by atoms with Crippen molar-refractivity contribution in [3.8, 4) is 0 Å². The highest BCUT2D eigenvalue weighted by atomic mass is 35.5. The van der Waals surface area contributed by atoms with Crippen LogP contribution in [0.5, 0.6) is 0 Å². The Kier molecular flexibility index (Phi) is 4.14. The van der Waals surface area contributed by atoms with Gasteiger partial charge in [-0.1, -0.05) is 17.7 Å². The average Bonchev–Trinajstić information content (AvgIpc) is 2.90. The van der Waals surface area contributed by atoms with Crippen molar-refractivity contribution in [3.63, 3.8) is 0 Å². The summed E-state index contributed by atoms with van der Waals surface area (Å²) in [7, 11) is 0. The Hall–Kier alpha value is -1.91. The fraction of sp³-hybridized carbons (Fsp3) is 0.176. The number of H-pyrrole nitrogens is 1. The van der Waals surface area contributed by atoms with Gasteiger partial charge in [0.2, 0.25) is 0 Å². The van der Waals surface area contributed by atoms with Crippen LogP contribution in [0.4, 0.5) is 8.78 Å². The molecule has 3 aromatic rings. The minimum Gasteiger partial charge on any atom is -0.361 e. The second-order valence-corrected chi connectivity index (χ2v) is 5.68. The fourth-order valence-corrected chi connectivity index (χ4v) is 2.99. The number of aromatic nitrogens is 1. The van der Waals surface area contributed by atoms with Gasteiger partial charge in [-0.05, 0) is 48.9 Å². The van der Waals surface area contributed by atoms with E-state index in [-0.39, 0.29) is 17.6 Å². The van der Waals surface area contributed by atoms with Crippen LogP contribution in [0.1, 0.15) is 17.0 Å². The summed E-state index contributed by atoms with van der Waals surface area (Å²) in [6, 6.07) is 9.14. The number of nitrogens with two attached hydrogens (primary N) is 1. The van der Waals surface area contributed by atoms with E-state index in [9.17, 15) is 8.78 Å². The monoisotopic (exact) mass is 320 g/mol. The van der Waals surface area contributed by atoms with E-state index in [0.29, 0.717) is 23.6 Å². The lowest BCUT2D eigenvalue weighted by Crippen LogP contribution is -2.15. The molecule has 5 heteroatoms. The maximum atomic E-state index is 14.0. The van der Waals surface area contributed by atoms with Crippen LogP contribution in [0.25, 0.3) is 10.9 Å². The minimum absolute atomic E-state index is 0.148. The molecule has 0 amide bonds. The topological polar surface area (TPSA) is 41.8 Å². The van der Waals surface area contributed by atoms with E-state index in [0.717, 1.165) is 16.5 Å². The number of hydrogen-bond acceptors (Lipinski definition) is 1. The van der Waals surface area contributed by atoms with Crippen molar-refractivity contribution in [1.82, 2.24) is 4.98 Å². The molecular weight excluding hydrogens is 306 g/mol. The molecule has 0 spiro atoms. The molecule has 1 unspecified atom stereocenters. The first-order valence-electron chi connectivity index (χ1n) is 6.99. The van der Waals surface area contributed by atoms with Gasteiger partial charge in [0.1, 0.15) is 11.6 Å². The molecule has 0 saturated heterocycles. The molecule has 0 fully saturated rings. The molecule has 3 N–H and O–H groups in total. The maximum Gasteiger partial charge on any atom is 0.127 e. The van der Waals surface area contributed by atoms with E-state index in [1.807, 2.05) is 0 Å². The van der Waals surface area contributed by atoms with Crippen molar-refractivity contribution < 1.29 is 8.78 Å². The summed E-state index contributed by atoms with van der Waals surface area (Å²) < 4.78 is 27.5. The van der Waals surface area contributed by atoms with Gasteiger partial charge < -0.3 is 10.7 Å². The van der Waals surface area contributed by atoms with Crippen LogP contribution in [-0.4, -0.2) is 11.5 Å². The van der Waals surface area contributed by atoms with Gasteiger partial charge in [-0.25, -0.2) is 8.78 Å². The number of benzene rings is 2. The van der Waals surface area contributed by atoms with Crippen molar-refractivity contribution in [2.45, 2.75) is 12.3 Å². The van der Waals surface area contributed by atoms with E-state index < -0.39 is 0 Å². The van der Waals surface area contributed by atoms with Gasteiger partial charge in [-0.15, -0.1) is 0 Å². The van der Waals surface area contributed by atoms with Gasteiger partial charge in [0.05, 0.1) is 0 Å². The van der Waals surface area contributed by atoms with Crippen molar-refractivity contribution >= 4 is 22.5 Å². The smallest absolute Gasteiger partial charge is 0.127 e. The Labute approximate surface area is 131 Å². The Balaban J connectivity index is 2.01.